The van der Waals surface area contributed by atoms with Crippen molar-refractivity contribution in [2.45, 2.75) is 32.6 Å². The maximum Gasteiger partial charge on any atom is 0.134 e. The van der Waals surface area contributed by atoms with Crippen molar-refractivity contribution in [2.24, 2.45) is 0 Å². The summed E-state index contributed by atoms with van der Waals surface area (Å²) < 4.78 is 0. The van der Waals surface area contributed by atoms with Crippen LogP contribution in [0.3, 0.4) is 0 Å². The molecule has 106 valence electrons. The number of nitrogen functional groups attached to an aromatic ring is 1. The summed E-state index contributed by atoms with van der Waals surface area (Å²) in [7, 11) is 0. The zero-order valence-corrected chi connectivity index (χ0v) is 12.1. The first-order valence-electron chi connectivity index (χ1n) is 7.06. The summed E-state index contributed by atoms with van der Waals surface area (Å²) in [5.74, 6) is 1.74. The summed E-state index contributed by atoms with van der Waals surface area (Å²) in [4.78, 5) is 8.37. The average Bonchev–Trinajstić information content (AvgIpc) is 2.44. The van der Waals surface area contributed by atoms with E-state index in [-0.39, 0.29) is 0 Å². The molecule has 0 spiro atoms. The molecule has 0 aliphatic heterocycles. The van der Waals surface area contributed by atoms with Gasteiger partial charge in [-0.3, -0.25) is 0 Å². The molecule has 4 heteroatoms. The van der Waals surface area contributed by atoms with Crippen LogP contribution in [0.2, 0.25) is 0 Å². The molecule has 1 heterocycles. The normalized spacial score (nSPS) is 10.8. The van der Waals surface area contributed by atoms with Crippen LogP contribution < -0.4 is 11.1 Å². The van der Waals surface area contributed by atoms with Gasteiger partial charge in [0, 0.05) is 12.1 Å². The Morgan fingerprint density at radius 3 is 2.60 bits per heavy atom. The van der Waals surface area contributed by atoms with Gasteiger partial charge < -0.3 is 11.1 Å². The fourth-order valence-electron chi connectivity index (χ4n) is 2.26. The van der Waals surface area contributed by atoms with E-state index in [4.69, 9.17) is 5.73 Å². The summed E-state index contributed by atoms with van der Waals surface area (Å²) in [5, 5.41) is 3.37. The van der Waals surface area contributed by atoms with Gasteiger partial charge >= 0.3 is 0 Å². The third-order valence-corrected chi connectivity index (χ3v) is 3.27. The molecule has 0 saturated carbocycles. The van der Waals surface area contributed by atoms with Crippen LogP contribution in [0.4, 0.5) is 11.6 Å². The third-order valence-electron chi connectivity index (χ3n) is 3.27. The molecule has 1 aromatic carbocycles. The van der Waals surface area contributed by atoms with Gasteiger partial charge in [0.2, 0.25) is 0 Å². The van der Waals surface area contributed by atoms with Crippen LogP contribution in [0, 0.1) is 0 Å². The van der Waals surface area contributed by atoms with E-state index in [1.165, 1.54) is 11.9 Å². The zero-order valence-electron chi connectivity index (χ0n) is 12.1. The first-order valence-corrected chi connectivity index (χ1v) is 7.06. The second-order valence-electron chi connectivity index (χ2n) is 5.19. The van der Waals surface area contributed by atoms with Crippen molar-refractivity contribution in [1.29, 1.82) is 0 Å². The fourth-order valence-corrected chi connectivity index (χ4v) is 2.26. The lowest BCUT2D eigenvalue weighted by Crippen LogP contribution is -2.11. The second-order valence-corrected chi connectivity index (χ2v) is 5.19. The lowest BCUT2D eigenvalue weighted by molar-refractivity contribution is 0.828. The Kier molecular flexibility index (Phi) is 4.93. The molecule has 0 aliphatic rings. The van der Waals surface area contributed by atoms with Gasteiger partial charge in [-0.2, -0.15) is 0 Å². The molecule has 20 heavy (non-hydrogen) atoms. The van der Waals surface area contributed by atoms with Gasteiger partial charge in [0.25, 0.3) is 0 Å². The van der Waals surface area contributed by atoms with Crippen LogP contribution >= 0.6 is 0 Å². The van der Waals surface area contributed by atoms with Crippen LogP contribution in [-0.2, 0) is 6.42 Å². The number of nitrogens with one attached hydrogen (secondary N) is 1. The van der Waals surface area contributed by atoms with Crippen molar-refractivity contribution in [1.82, 2.24) is 9.97 Å². The molecular formula is C16H22N4. The Bertz CT molecular complexity index is 537. The summed E-state index contributed by atoms with van der Waals surface area (Å²) in [6.07, 6.45) is 3.64. The van der Waals surface area contributed by atoms with Gasteiger partial charge in [0.1, 0.15) is 18.0 Å². The monoisotopic (exact) mass is 270 g/mol. The van der Waals surface area contributed by atoms with E-state index >= 15 is 0 Å². The van der Waals surface area contributed by atoms with E-state index in [0.29, 0.717) is 11.7 Å². The van der Waals surface area contributed by atoms with E-state index in [1.807, 2.05) is 6.07 Å². The van der Waals surface area contributed by atoms with Crippen molar-refractivity contribution >= 4 is 11.6 Å². The third kappa shape index (κ3) is 3.70. The van der Waals surface area contributed by atoms with Gasteiger partial charge in [0.15, 0.2) is 0 Å². The van der Waals surface area contributed by atoms with Gasteiger partial charge in [-0.25, -0.2) is 9.97 Å². The molecule has 0 radical (unpaired) electrons. The number of anilines is 2. The van der Waals surface area contributed by atoms with Crippen molar-refractivity contribution in [3.05, 3.63) is 47.8 Å². The molecule has 0 bridgehead atoms. The number of nitrogens with two attached hydrogens (primary N) is 1. The highest BCUT2D eigenvalue weighted by Gasteiger charge is 2.12. The van der Waals surface area contributed by atoms with Crippen LogP contribution in [0.15, 0.2) is 36.7 Å². The minimum Gasteiger partial charge on any atom is -0.383 e. The summed E-state index contributed by atoms with van der Waals surface area (Å²) in [6.45, 7) is 5.08. The van der Waals surface area contributed by atoms with E-state index in [2.05, 4.69) is 53.4 Å². The smallest absolute Gasteiger partial charge is 0.134 e. The molecule has 3 N–H and O–H groups in total. The largest absolute Gasteiger partial charge is 0.383 e. The van der Waals surface area contributed by atoms with E-state index in [0.717, 1.165) is 30.8 Å². The highest BCUT2D eigenvalue weighted by molar-refractivity contribution is 5.56. The Balaban J connectivity index is 1.90. The average molecular weight is 270 g/mol. The molecule has 0 fully saturated rings. The molecule has 2 aromatic rings. The van der Waals surface area contributed by atoms with Crippen molar-refractivity contribution in [3.8, 4) is 0 Å². The number of rotatable bonds is 6. The number of hydrogen-bond acceptors (Lipinski definition) is 4. The van der Waals surface area contributed by atoms with Crippen LogP contribution in [0.5, 0.6) is 0 Å². The van der Waals surface area contributed by atoms with Crippen LogP contribution in [-0.4, -0.2) is 16.5 Å². The van der Waals surface area contributed by atoms with Crippen LogP contribution in [0.1, 0.15) is 37.3 Å². The molecule has 0 atom stereocenters. The Morgan fingerprint density at radius 2 is 1.90 bits per heavy atom. The van der Waals surface area contributed by atoms with Crippen LogP contribution in [0.25, 0.3) is 0 Å². The van der Waals surface area contributed by atoms with Gasteiger partial charge in [-0.05, 0) is 24.3 Å². The Morgan fingerprint density at radius 1 is 1.15 bits per heavy atom. The lowest BCUT2D eigenvalue weighted by Gasteiger charge is -2.14. The molecule has 2 rings (SSSR count). The molecule has 0 saturated heterocycles. The maximum absolute atomic E-state index is 5.93. The molecule has 1 aromatic heterocycles. The number of benzene rings is 1. The van der Waals surface area contributed by atoms with E-state index in [1.54, 1.807) is 0 Å². The lowest BCUT2D eigenvalue weighted by atomic mass is 10.0. The SMILES string of the molecule is CC(C)c1c(N)ncnc1NCCCc1ccccc1. The van der Waals surface area contributed by atoms with Gasteiger partial charge in [-0.15, -0.1) is 0 Å². The molecule has 0 aliphatic carbocycles. The summed E-state index contributed by atoms with van der Waals surface area (Å²) in [6, 6.07) is 10.5. The highest BCUT2D eigenvalue weighted by atomic mass is 15.0. The first-order chi connectivity index (χ1) is 9.68. The number of hydrogen-bond donors (Lipinski definition) is 2. The van der Waals surface area contributed by atoms with Gasteiger partial charge in [0.05, 0.1) is 0 Å². The highest BCUT2D eigenvalue weighted by Crippen LogP contribution is 2.26. The number of nitrogens with zero attached hydrogens (tertiary/aromatic N) is 2. The first kappa shape index (κ1) is 14.3. The van der Waals surface area contributed by atoms with Crippen molar-refractivity contribution in [2.75, 3.05) is 17.6 Å². The minimum atomic E-state index is 0.313. The standard InChI is InChI=1S/C16H22N4/c1-12(2)14-15(17)19-11-20-16(14)18-10-6-9-13-7-4-3-5-8-13/h3-5,7-8,11-12H,6,9-10H2,1-2H3,(H3,17,18,19,20). The quantitative estimate of drug-likeness (QED) is 0.791. The minimum absolute atomic E-state index is 0.313. The Hall–Kier alpha value is -2.10. The molecular weight excluding hydrogens is 248 g/mol. The summed E-state index contributed by atoms with van der Waals surface area (Å²) in [5.41, 5.74) is 8.29. The van der Waals surface area contributed by atoms with Crippen molar-refractivity contribution < 1.29 is 0 Å². The number of aromatic nitrogens is 2. The Labute approximate surface area is 120 Å². The van der Waals surface area contributed by atoms with E-state index < -0.39 is 0 Å². The zero-order chi connectivity index (χ0) is 14.4. The molecule has 0 amide bonds. The fraction of sp³-hybridized carbons (Fsp3) is 0.375. The van der Waals surface area contributed by atoms with Crippen molar-refractivity contribution in [3.63, 3.8) is 0 Å². The maximum atomic E-state index is 5.93. The van der Waals surface area contributed by atoms with E-state index in [9.17, 15) is 0 Å². The predicted molar refractivity (Wildman–Crippen MR) is 83.8 cm³/mol. The predicted octanol–water partition coefficient (Wildman–Crippen LogP) is 3.23. The van der Waals surface area contributed by atoms with Gasteiger partial charge in [-0.1, -0.05) is 44.2 Å². The summed E-state index contributed by atoms with van der Waals surface area (Å²) >= 11 is 0. The molecule has 0 unspecified atom stereocenters. The second kappa shape index (κ2) is 6.89. The molecule has 4 nitrogen and oxygen atoms in total. The topological polar surface area (TPSA) is 63.8 Å². The number of aryl methyl sites for hydroxylation is 1.